The number of aliphatic imine (C=N–C) groups is 1. The maximum absolute atomic E-state index is 12.2. The minimum Gasteiger partial charge on any atom is -0.481 e. The molecule has 0 spiro atoms. The summed E-state index contributed by atoms with van der Waals surface area (Å²) >= 11 is 0. The Morgan fingerprint density at radius 1 is 1.39 bits per heavy atom. The van der Waals surface area contributed by atoms with E-state index in [0.717, 1.165) is 25.2 Å². The second kappa shape index (κ2) is 7.03. The van der Waals surface area contributed by atoms with Crippen molar-refractivity contribution in [2.45, 2.75) is 71.1 Å². The van der Waals surface area contributed by atoms with Crippen LogP contribution in [-0.2, 0) is 14.3 Å². The van der Waals surface area contributed by atoms with Crippen molar-refractivity contribution in [1.29, 1.82) is 5.26 Å². The third-order valence-electron chi connectivity index (χ3n) is 3.82. The summed E-state index contributed by atoms with van der Waals surface area (Å²) in [7, 11) is 0. The molecule has 2 rings (SSSR count). The van der Waals surface area contributed by atoms with Crippen LogP contribution in [-0.4, -0.2) is 36.2 Å². The van der Waals surface area contributed by atoms with E-state index in [9.17, 15) is 10.1 Å². The first-order chi connectivity index (χ1) is 10.8. The number of allylic oxidation sites excluding steroid dienone is 1. The van der Waals surface area contributed by atoms with Crippen LogP contribution in [0.2, 0.25) is 0 Å². The molecule has 23 heavy (non-hydrogen) atoms. The highest BCUT2D eigenvalue weighted by Gasteiger charge is 2.33. The van der Waals surface area contributed by atoms with Gasteiger partial charge in [-0.2, -0.15) is 5.26 Å². The lowest BCUT2D eigenvalue weighted by molar-refractivity contribution is -0.149. The highest BCUT2D eigenvalue weighted by atomic mass is 16.6. The molecule has 2 heterocycles. The maximum atomic E-state index is 12.2. The van der Waals surface area contributed by atoms with Gasteiger partial charge in [0.25, 0.3) is 0 Å². The third kappa shape index (κ3) is 4.47. The summed E-state index contributed by atoms with van der Waals surface area (Å²) in [5.41, 5.74) is 0.140. The molecular weight excluding hydrogens is 294 g/mol. The van der Waals surface area contributed by atoms with Crippen molar-refractivity contribution < 1.29 is 14.3 Å². The Bertz CT molecular complexity index is 567. The van der Waals surface area contributed by atoms with Crippen LogP contribution in [0.3, 0.4) is 0 Å². The normalized spacial score (nSPS) is 26.1. The monoisotopic (exact) mass is 319 g/mol. The lowest BCUT2D eigenvalue weighted by atomic mass is 10.0. The Hall–Kier alpha value is -2.03. The average Bonchev–Trinajstić information content (AvgIpc) is 3.07. The van der Waals surface area contributed by atoms with Gasteiger partial charge in [-0.05, 0) is 47.0 Å². The number of hydrogen-bond acceptors (Lipinski definition) is 6. The number of hydrogen-bond donors (Lipinski definition) is 1. The van der Waals surface area contributed by atoms with Gasteiger partial charge in [0.1, 0.15) is 11.7 Å². The third-order valence-corrected chi connectivity index (χ3v) is 3.82. The van der Waals surface area contributed by atoms with Crippen LogP contribution in [0.5, 0.6) is 0 Å². The van der Waals surface area contributed by atoms with E-state index >= 15 is 0 Å². The Labute approximate surface area is 137 Å². The first kappa shape index (κ1) is 17.3. The Morgan fingerprint density at radius 2 is 2.13 bits per heavy atom. The van der Waals surface area contributed by atoms with Crippen molar-refractivity contribution in [2.75, 3.05) is 6.61 Å². The van der Waals surface area contributed by atoms with Crippen molar-refractivity contribution in [3.8, 4) is 6.07 Å². The van der Waals surface area contributed by atoms with Crippen LogP contribution in [0.1, 0.15) is 53.4 Å². The number of carbonyl (C=O) groups is 1. The van der Waals surface area contributed by atoms with Gasteiger partial charge < -0.3 is 14.8 Å². The van der Waals surface area contributed by atoms with Crippen molar-refractivity contribution in [1.82, 2.24) is 5.32 Å². The molecule has 2 unspecified atom stereocenters. The Balaban J connectivity index is 2.05. The summed E-state index contributed by atoms with van der Waals surface area (Å²) in [5.74, 6) is 0.248. The standard InChI is InChI=1S/C17H25N3O3/c1-5-22-15-9-8-14(20-15)13-7-6-12(19-13)11(10-18)16(21)23-17(2,3)4/h13-14,19H,5-9H2,1-4H3/b12-11+. The van der Waals surface area contributed by atoms with Gasteiger partial charge in [0.05, 0.1) is 12.6 Å². The molecule has 1 N–H and O–H groups in total. The predicted octanol–water partition coefficient (Wildman–Crippen LogP) is 2.46. The minimum atomic E-state index is -0.611. The molecule has 6 heteroatoms. The van der Waals surface area contributed by atoms with Crippen LogP contribution in [0.25, 0.3) is 0 Å². The molecule has 1 saturated heterocycles. The van der Waals surface area contributed by atoms with Gasteiger partial charge in [-0.25, -0.2) is 4.79 Å². The fraction of sp³-hybridized carbons (Fsp3) is 0.706. The zero-order valence-electron chi connectivity index (χ0n) is 14.3. The number of nitrogens with zero attached hydrogens (tertiary/aromatic N) is 2. The Kier molecular flexibility index (Phi) is 5.30. The molecule has 0 aliphatic carbocycles. The smallest absolute Gasteiger partial charge is 0.351 e. The molecule has 0 radical (unpaired) electrons. The van der Waals surface area contributed by atoms with Gasteiger partial charge in [0.2, 0.25) is 0 Å². The number of nitrogens with one attached hydrogen (secondary N) is 1. The van der Waals surface area contributed by atoms with Crippen molar-refractivity contribution in [3.63, 3.8) is 0 Å². The van der Waals surface area contributed by atoms with Gasteiger partial charge in [-0.1, -0.05) is 0 Å². The second-order valence-electron chi connectivity index (χ2n) is 6.82. The Morgan fingerprint density at radius 3 is 2.74 bits per heavy atom. The summed E-state index contributed by atoms with van der Waals surface area (Å²) in [5, 5.41) is 12.6. The lowest BCUT2D eigenvalue weighted by Crippen LogP contribution is -2.33. The molecule has 0 aromatic rings. The van der Waals surface area contributed by atoms with E-state index in [2.05, 4.69) is 10.3 Å². The van der Waals surface area contributed by atoms with E-state index < -0.39 is 11.6 Å². The SMILES string of the molecule is CCOC1=NC(C2CC/C(=C(/C#N)C(=O)OC(C)(C)C)N2)CC1. The number of nitriles is 1. The molecule has 0 bridgehead atoms. The van der Waals surface area contributed by atoms with E-state index in [0.29, 0.717) is 18.7 Å². The van der Waals surface area contributed by atoms with E-state index in [4.69, 9.17) is 9.47 Å². The van der Waals surface area contributed by atoms with E-state index in [1.54, 1.807) is 20.8 Å². The van der Waals surface area contributed by atoms with Crippen LogP contribution in [0.4, 0.5) is 0 Å². The van der Waals surface area contributed by atoms with E-state index in [1.807, 2.05) is 13.0 Å². The molecule has 2 aliphatic heterocycles. The van der Waals surface area contributed by atoms with Crippen LogP contribution in [0.15, 0.2) is 16.3 Å². The number of carbonyl (C=O) groups excluding carboxylic acids is 1. The van der Waals surface area contributed by atoms with E-state index in [-0.39, 0.29) is 17.7 Å². The molecule has 0 aromatic carbocycles. The lowest BCUT2D eigenvalue weighted by Gasteiger charge is -2.20. The predicted molar refractivity (Wildman–Crippen MR) is 86.7 cm³/mol. The van der Waals surface area contributed by atoms with Crippen molar-refractivity contribution in [3.05, 3.63) is 11.3 Å². The van der Waals surface area contributed by atoms with Gasteiger partial charge in [0, 0.05) is 18.2 Å². The number of esters is 1. The van der Waals surface area contributed by atoms with Gasteiger partial charge in [-0.3, -0.25) is 4.99 Å². The number of ether oxygens (including phenoxy) is 2. The minimum absolute atomic E-state index is 0.0782. The molecule has 1 fully saturated rings. The molecule has 0 amide bonds. The summed E-state index contributed by atoms with van der Waals surface area (Å²) in [6.45, 7) is 7.95. The van der Waals surface area contributed by atoms with Gasteiger partial charge >= 0.3 is 5.97 Å². The summed E-state index contributed by atoms with van der Waals surface area (Å²) in [4.78, 5) is 16.7. The first-order valence-electron chi connectivity index (χ1n) is 8.16. The van der Waals surface area contributed by atoms with Crippen LogP contribution < -0.4 is 5.32 Å². The van der Waals surface area contributed by atoms with Crippen molar-refractivity contribution >= 4 is 11.9 Å². The fourth-order valence-corrected chi connectivity index (χ4v) is 2.87. The topological polar surface area (TPSA) is 83.7 Å². The summed E-state index contributed by atoms with van der Waals surface area (Å²) in [6, 6.07) is 2.28. The quantitative estimate of drug-likeness (QED) is 0.491. The summed E-state index contributed by atoms with van der Waals surface area (Å²) < 4.78 is 10.8. The maximum Gasteiger partial charge on any atom is 0.351 e. The van der Waals surface area contributed by atoms with E-state index in [1.165, 1.54) is 0 Å². The molecule has 2 aliphatic rings. The molecule has 0 saturated carbocycles. The first-order valence-corrected chi connectivity index (χ1v) is 8.16. The largest absolute Gasteiger partial charge is 0.481 e. The highest BCUT2D eigenvalue weighted by Crippen LogP contribution is 2.28. The number of rotatable bonds is 3. The fourth-order valence-electron chi connectivity index (χ4n) is 2.87. The van der Waals surface area contributed by atoms with Crippen LogP contribution in [0, 0.1) is 11.3 Å². The average molecular weight is 319 g/mol. The molecule has 6 nitrogen and oxygen atoms in total. The van der Waals surface area contributed by atoms with Crippen LogP contribution >= 0.6 is 0 Å². The summed E-state index contributed by atoms with van der Waals surface area (Å²) in [6.07, 6.45) is 3.32. The second-order valence-corrected chi connectivity index (χ2v) is 6.82. The zero-order valence-corrected chi connectivity index (χ0v) is 14.3. The molecular formula is C17H25N3O3. The highest BCUT2D eigenvalue weighted by molar-refractivity contribution is 5.94. The molecule has 2 atom stereocenters. The van der Waals surface area contributed by atoms with Gasteiger partial charge in [0.15, 0.2) is 11.5 Å². The van der Waals surface area contributed by atoms with Gasteiger partial charge in [-0.15, -0.1) is 0 Å². The molecule has 0 aromatic heterocycles. The van der Waals surface area contributed by atoms with Crippen molar-refractivity contribution in [2.24, 2.45) is 4.99 Å². The molecule has 126 valence electrons. The zero-order chi connectivity index (χ0) is 17.0.